The largest absolute Gasteiger partial charge is 0.364 e. The number of thiazole rings is 1. The third kappa shape index (κ3) is 5.92. The fourth-order valence-electron chi connectivity index (χ4n) is 2.93. The van der Waals surface area contributed by atoms with Crippen molar-refractivity contribution in [1.82, 2.24) is 25.3 Å². The minimum absolute atomic E-state index is 0. The predicted octanol–water partition coefficient (Wildman–Crippen LogP) is 2.25. The Morgan fingerprint density at radius 2 is 2.12 bits per heavy atom. The van der Waals surface area contributed by atoms with Crippen molar-refractivity contribution in [3.8, 4) is 0 Å². The van der Waals surface area contributed by atoms with Gasteiger partial charge in [0.1, 0.15) is 6.26 Å². The van der Waals surface area contributed by atoms with Crippen LogP contribution in [0.3, 0.4) is 0 Å². The van der Waals surface area contributed by atoms with Crippen LogP contribution in [0.2, 0.25) is 0 Å². The molecular weight excluding hydrogens is 463 g/mol. The molecule has 2 aromatic heterocycles. The summed E-state index contributed by atoms with van der Waals surface area (Å²) in [6, 6.07) is 1.93. The Kier molecular flexibility index (Phi) is 8.79. The fourth-order valence-corrected chi connectivity index (χ4v) is 3.71. The van der Waals surface area contributed by atoms with Crippen molar-refractivity contribution in [1.29, 1.82) is 0 Å². The predicted molar refractivity (Wildman–Crippen MR) is 115 cm³/mol. The van der Waals surface area contributed by atoms with Crippen LogP contribution in [0, 0.1) is 0 Å². The molecule has 7 nitrogen and oxygen atoms in total. The van der Waals surface area contributed by atoms with E-state index >= 15 is 0 Å². The molecule has 9 heteroatoms. The molecule has 0 aromatic carbocycles. The van der Waals surface area contributed by atoms with Gasteiger partial charge in [-0.25, -0.2) is 4.98 Å². The van der Waals surface area contributed by atoms with E-state index in [1.165, 1.54) is 10.7 Å². The third-order valence-corrected chi connectivity index (χ3v) is 5.37. The Bertz CT molecular complexity index is 667. The van der Waals surface area contributed by atoms with Crippen LogP contribution in [0.5, 0.6) is 0 Å². The number of aryl methyl sites for hydroxylation is 1. The number of hydrogen-bond acceptors (Lipinski definition) is 6. The highest BCUT2D eigenvalue weighted by atomic mass is 127. The Balaban J connectivity index is 0.00000243. The number of nitrogens with zero attached hydrogens (tertiary/aromatic N) is 5. The molecule has 2 aromatic rings. The quantitative estimate of drug-likeness (QED) is 0.381. The molecule has 144 valence electrons. The van der Waals surface area contributed by atoms with Crippen molar-refractivity contribution in [3.05, 3.63) is 34.1 Å². The second-order valence-electron chi connectivity index (χ2n) is 6.06. The topological polar surface area (TPSA) is 69.8 Å². The lowest BCUT2D eigenvalue weighted by Crippen LogP contribution is -2.52. The summed E-state index contributed by atoms with van der Waals surface area (Å²) in [5.41, 5.74) is 2.16. The van der Waals surface area contributed by atoms with Gasteiger partial charge in [-0.05, 0) is 6.42 Å². The maximum absolute atomic E-state index is 4.90. The van der Waals surface area contributed by atoms with Gasteiger partial charge >= 0.3 is 0 Å². The lowest BCUT2D eigenvalue weighted by Gasteiger charge is -2.36. The van der Waals surface area contributed by atoms with Crippen LogP contribution in [-0.4, -0.2) is 65.7 Å². The van der Waals surface area contributed by atoms with Crippen molar-refractivity contribution in [2.45, 2.75) is 26.3 Å². The Morgan fingerprint density at radius 1 is 1.31 bits per heavy atom. The van der Waals surface area contributed by atoms with E-state index in [1.54, 1.807) is 17.6 Å². The van der Waals surface area contributed by atoms with Crippen molar-refractivity contribution in [3.63, 3.8) is 0 Å². The highest BCUT2D eigenvalue weighted by molar-refractivity contribution is 14.0. The molecule has 1 N–H and O–H groups in total. The van der Waals surface area contributed by atoms with Gasteiger partial charge in [0, 0.05) is 64.2 Å². The molecule has 3 rings (SSSR count). The van der Waals surface area contributed by atoms with Gasteiger partial charge in [0.05, 0.1) is 16.4 Å². The van der Waals surface area contributed by atoms with Crippen LogP contribution in [0.1, 0.15) is 23.3 Å². The molecule has 1 fully saturated rings. The van der Waals surface area contributed by atoms with Gasteiger partial charge in [0.25, 0.3) is 0 Å². The fraction of sp³-hybridized carbons (Fsp3) is 0.588. The van der Waals surface area contributed by atoms with E-state index in [2.05, 4.69) is 42.6 Å². The molecule has 1 aliphatic rings. The summed E-state index contributed by atoms with van der Waals surface area (Å²) in [5.74, 6) is 0.979. The number of hydrogen-bond donors (Lipinski definition) is 1. The van der Waals surface area contributed by atoms with E-state index in [-0.39, 0.29) is 24.0 Å². The average Bonchev–Trinajstić information content (AvgIpc) is 3.31. The van der Waals surface area contributed by atoms with Crippen molar-refractivity contribution in [2.24, 2.45) is 4.99 Å². The summed E-state index contributed by atoms with van der Waals surface area (Å²) >= 11 is 1.75. The zero-order chi connectivity index (χ0) is 17.5. The highest BCUT2D eigenvalue weighted by Crippen LogP contribution is 2.10. The second-order valence-corrected chi connectivity index (χ2v) is 7.01. The molecule has 0 saturated carbocycles. The SMILES string of the molecule is CCc1nc(CCNC(=NC)N2CCN(Cc3ccon3)CC2)cs1.I. The Morgan fingerprint density at radius 3 is 2.73 bits per heavy atom. The maximum atomic E-state index is 4.90. The summed E-state index contributed by atoms with van der Waals surface area (Å²) < 4.78 is 4.90. The number of rotatable bonds is 6. The monoisotopic (exact) mass is 490 g/mol. The number of piperazine rings is 1. The minimum Gasteiger partial charge on any atom is -0.364 e. The number of nitrogens with one attached hydrogen (secondary N) is 1. The van der Waals surface area contributed by atoms with E-state index in [4.69, 9.17) is 4.52 Å². The van der Waals surface area contributed by atoms with E-state index in [0.717, 1.165) is 63.8 Å². The van der Waals surface area contributed by atoms with Crippen LogP contribution in [0.15, 0.2) is 27.2 Å². The normalized spacial score (nSPS) is 15.8. The van der Waals surface area contributed by atoms with Crippen LogP contribution < -0.4 is 5.32 Å². The van der Waals surface area contributed by atoms with E-state index in [9.17, 15) is 0 Å². The lowest BCUT2D eigenvalue weighted by atomic mass is 10.3. The lowest BCUT2D eigenvalue weighted by molar-refractivity contribution is 0.169. The molecule has 0 radical (unpaired) electrons. The first-order valence-electron chi connectivity index (χ1n) is 8.79. The molecule has 0 aliphatic carbocycles. The molecular formula is C17H27IN6OS. The van der Waals surface area contributed by atoms with Crippen LogP contribution >= 0.6 is 35.3 Å². The molecule has 0 unspecified atom stereocenters. The second kappa shape index (κ2) is 10.8. The average molecular weight is 490 g/mol. The first kappa shape index (κ1) is 21.1. The summed E-state index contributed by atoms with van der Waals surface area (Å²) in [6.07, 6.45) is 3.57. The smallest absolute Gasteiger partial charge is 0.193 e. The van der Waals surface area contributed by atoms with Crippen molar-refractivity contribution in [2.75, 3.05) is 39.8 Å². The molecule has 26 heavy (non-hydrogen) atoms. The van der Waals surface area contributed by atoms with Gasteiger partial charge in [-0.2, -0.15) is 0 Å². The van der Waals surface area contributed by atoms with E-state index in [0.29, 0.717) is 0 Å². The molecule has 3 heterocycles. The van der Waals surface area contributed by atoms with Gasteiger partial charge in [-0.3, -0.25) is 9.89 Å². The molecule has 1 saturated heterocycles. The Hall–Kier alpha value is -1.20. The standard InChI is InChI=1S/C17H26N6OS.HI/c1-3-16-20-15(13-25-16)4-6-19-17(18-2)23-9-7-22(8-10-23)12-14-5-11-24-21-14;/h5,11,13H,3-4,6-10,12H2,1-2H3,(H,18,19);1H. The van der Waals surface area contributed by atoms with Gasteiger partial charge in [0.2, 0.25) is 0 Å². The molecule has 0 amide bonds. The molecule has 1 aliphatic heterocycles. The first-order valence-corrected chi connectivity index (χ1v) is 9.67. The van der Waals surface area contributed by atoms with Gasteiger partial charge in [-0.1, -0.05) is 12.1 Å². The van der Waals surface area contributed by atoms with Gasteiger partial charge in [-0.15, -0.1) is 35.3 Å². The number of aliphatic imine (C=N–C) groups is 1. The number of guanidine groups is 1. The van der Waals surface area contributed by atoms with Crippen LogP contribution in [-0.2, 0) is 19.4 Å². The summed E-state index contributed by atoms with van der Waals surface area (Å²) in [7, 11) is 1.85. The zero-order valence-corrected chi connectivity index (χ0v) is 18.5. The highest BCUT2D eigenvalue weighted by Gasteiger charge is 2.20. The van der Waals surface area contributed by atoms with Gasteiger partial charge in [0.15, 0.2) is 5.96 Å². The van der Waals surface area contributed by atoms with E-state index < -0.39 is 0 Å². The molecule has 0 bridgehead atoms. The molecule has 0 spiro atoms. The molecule has 0 atom stereocenters. The number of aromatic nitrogens is 2. The maximum Gasteiger partial charge on any atom is 0.193 e. The van der Waals surface area contributed by atoms with Gasteiger partial charge < -0.3 is 14.7 Å². The summed E-state index contributed by atoms with van der Waals surface area (Å²) in [5, 5.41) is 10.8. The van der Waals surface area contributed by atoms with Crippen molar-refractivity contribution < 1.29 is 4.52 Å². The summed E-state index contributed by atoms with van der Waals surface area (Å²) in [4.78, 5) is 13.8. The van der Waals surface area contributed by atoms with Crippen LogP contribution in [0.4, 0.5) is 0 Å². The zero-order valence-electron chi connectivity index (χ0n) is 15.3. The Labute approximate surface area is 175 Å². The van der Waals surface area contributed by atoms with Crippen LogP contribution in [0.25, 0.3) is 0 Å². The van der Waals surface area contributed by atoms with E-state index in [1.807, 2.05) is 13.1 Å². The number of halogens is 1. The summed E-state index contributed by atoms with van der Waals surface area (Å²) in [6.45, 7) is 7.78. The third-order valence-electron chi connectivity index (χ3n) is 4.33. The van der Waals surface area contributed by atoms with Crippen molar-refractivity contribution >= 4 is 41.3 Å². The minimum atomic E-state index is 0. The first-order chi connectivity index (χ1) is 12.3.